The molecule has 1 amide bonds. The number of thiophene rings is 1. The first-order valence-electron chi connectivity index (χ1n) is 7.55. The smallest absolute Gasteiger partial charge is 0.238 e. The number of nitrogens with zero attached hydrogens (tertiary/aromatic N) is 1. The fraction of sp³-hybridized carbons (Fsp3) is 0.353. The second-order valence-electron chi connectivity index (χ2n) is 5.31. The van der Waals surface area contributed by atoms with Crippen LogP contribution in [0.1, 0.15) is 17.4 Å². The highest BCUT2D eigenvalue weighted by atomic mass is 32.1. The Kier molecular flexibility index (Phi) is 4.75. The third kappa shape index (κ3) is 3.48. The molecule has 2 heterocycles. The van der Waals surface area contributed by atoms with Crippen molar-refractivity contribution in [3.63, 3.8) is 0 Å². The lowest BCUT2D eigenvalue weighted by molar-refractivity contribution is -0.117. The minimum absolute atomic E-state index is 0.00540. The van der Waals surface area contributed by atoms with E-state index in [2.05, 4.69) is 21.7 Å². The number of hydrogen-bond donors (Lipinski definition) is 1. The van der Waals surface area contributed by atoms with Crippen LogP contribution < -0.4 is 10.1 Å². The predicted molar refractivity (Wildman–Crippen MR) is 89.5 cm³/mol. The number of para-hydroxylation sites is 2. The zero-order valence-corrected chi connectivity index (χ0v) is 13.5. The van der Waals surface area contributed by atoms with Crippen LogP contribution in [0.15, 0.2) is 35.7 Å². The number of amides is 1. The van der Waals surface area contributed by atoms with Gasteiger partial charge in [0, 0.05) is 18.0 Å². The van der Waals surface area contributed by atoms with Crippen molar-refractivity contribution in [1.29, 1.82) is 0 Å². The third-order valence-corrected chi connectivity index (χ3v) is 4.74. The molecule has 1 aromatic heterocycles. The van der Waals surface area contributed by atoms with Crippen molar-refractivity contribution in [2.45, 2.75) is 19.9 Å². The van der Waals surface area contributed by atoms with Crippen LogP contribution in [0.25, 0.3) is 0 Å². The summed E-state index contributed by atoms with van der Waals surface area (Å²) in [6, 6.07) is 9.71. The molecule has 116 valence electrons. The summed E-state index contributed by atoms with van der Waals surface area (Å²) in [5, 5.41) is 5.09. The van der Waals surface area contributed by atoms with Crippen LogP contribution in [0.4, 0.5) is 5.69 Å². The Hall–Kier alpha value is -1.85. The van der Waals surface area contributed by atoms with Crippen LogP contribution >= 0.6 is 11.3 Å². The monoisotopic (exact) mass is 316 g/mol. The molecule has 4 nitrogen and oxygen atoms in total. The number of benzene rings is 1. The molecule has 0 spiro atoms. The van der Waals surface area contributed by atoms with Crippen molar-refractivity contribution in [3.8, 4) is 5.75 Å². The fourth-order valence-electron chi connectivity index (χ4n) is 2.69. The lowest BCUT2D eigenvalue weighted by Crippen LogP contribution is -2.36. The van der Waals surface area contributed by atoms with E-state index in [1.165, 1.54) is 10.4 Å². The SMILES string of the molecule is CCOc1ccccc1NC(=O)CN1CCc2sccc2C1. The fourth-order valence-corrected chi connectivity index (χ4v) is 3.58. The summed E-state index contributed by atoms with van der Waals surface area (Å²) in [6.45, 7) is 4.73. The normalized spacial score (nSPS) is 14.4. The van der Waals surface area contributed by atoms with Crippen LogP contribution in [0.5, 0.6) is 5.75 Å². The van der Waals surface area contributed by atoms with Gasteiger partial charge in [0.15, 0.2) is 0 Å². The van der Waals surface area contributed by atoms with Gasteiger partial charge in [-0.25, -0.2) is 0 Å². The van der Waals surface area contributed by atoms with Crippen molar-refractivity contribution in [1.82, 2.24) is 4.90 Å². The highest BCUT2D eigenvalue weighted by molar-refractivity contribution is 7.10. The van der Waals surface area contributed by atoms with Gasteiger partial charge in [-0.1, -0.05) is 12.1 Å². The van der Waals surface area contributed by atoms with E-state index < -0.39 is 0 Å². The molecule has 2 aromatic rings. The van der Waals surface area contributed by atoms with E-state index in [0.29, 0.717) is 13.2 Å². The van der Waals surface area contributed by atoms with Crippen molar-refractivity contribution < 1.29 is 9.53 Å². The molecule has 5 heteroatoms. The van der Waals surface area contributed by atoms with Gasteiger partial charge in [0.1, 0.15) is 5.75 Å². The molecule has 0 radical (unpaired) electrons. The molecular formula is C17H20N2O2S. The summed E-state index contributed by atoms with van der Waals surface area (Å²) in [5.41, 5.74) is 2.10. The lowest BCUT2D eigenvalue weighted by Gasteiger charge is -2.26. The van der Waals surface area contributed by atoms with Crippen LogP contribution in [0, 0.1) is 0 Å². The van der Waals surface area contributed by atoms with E-state index in [9.17, 15) is 4.79 Å². The first kappa shape index (κ1) is 15.1. The summed E-state index contributed by atoms with van der Waals surface area (Å²) in [4.78, 5) is 15.9. The van der Waals surface area contributed by atoms with Gasteiger partial charge in [-0.2, -0.15) is 0 Å². The maximum atomic E-state index is 12.3. The van der Waals surface area contributed by atoms with E-state index in [1.54, 1.807) is 0 Å². The van der Waals surface area contributed by atoms with Crippen molar-refractivity contribution in [2.24, 2.45) is 0 Å². The Morgan fingerprint density at radius 2 is 2.23 bits per heavy atom. The molecule has 3 rings (SSSR count). The van der Waals surface area contributed by atoms with E-state index in [1.807, 2.05) is 42.5 Å². The van der Waals surface area contributed by atoms with Gasteiger partial charge in [0.05, 0.1) is 18.8 Å². The van der Waals surface area contributed by atoms with Gasteiger partial charge in [-0.3, -0.25) is 9.69 Å². The largest absolute Gasteiger partial charge is 0.492 e. The number of carbonyl (C=O) groups is 1. The Morgan fingerprint density at radius 3 is 3.09 bits per heavy atom. The Morgan fingerprint density at radius 1 is 1.36 bits per heavy atom. The number of ether oxygens (including phenoxy) is 1. The van der Waals surface area contributed by atoms with Crippen molar-refractivity contribution >= 4 is 22.9 Å². The van der Waals surface area contributed by atoms with Crippen molar-refractivity contribution in [2.75, 3.05) is 25.0 Å². The Balaban J connectivity index is 1.59. The van der Waals surface area contributed by atoms with Gasteiger partial charge in [0.2, 0.25) is 5.91 Å². The second-order valence-corrected chi connectivity index (χ2v) is 6.31. The first-order valence-corrected chi connectivity index (χ1v) is 8.43. The van der Waals surface area contributed by atoms with E-state index >= 15 is 0 Å². The predicted octanol–water partition coefficient (Wildman–Crippen LogP) is 3.14. The molecule has 0 saturated heterocycles. The maximum absolute atomic E-state index is 12.3. The molecule has 0 fully saturated rings. The zero-order valence-electron chi connectivity index (χ0n) is 12.7. The number of anilines is 1. The average Bonchev–Trinajstić information content (AvgIpc) is 2.97. The molecule has 0 unspecified atom stereocenters. The molecule has 22 heavy (non-hydrogen) atoms. The third-order valence-electron chi connectivity index (χ3n) is 3.71. The number of hydrogen-bond acceptors (Lipinski definition) is 4. The summed E-state index contributed by atoms with van der Waals surface area (Å²) in [5.74, 6) is 0.725. The van der Waals surface area contributed by atoms with Gasteiger partial charge in [-0.05, 0) is 42.5 Å². The minimum atomic E-state index is 0.00540. The number of rotatable bonds is 5. The Labute approximate surface area is 134 Å². The van der Waals surface area contributed by atoms with Crippen LogP contribution in [0.3, 0.4) is 0 Å². The van der Waals surface area contributed by atoms with E-state index in [0.717, 1.165) is 30.9 Å². The second kappa shape index (κ2) is 6.94. The highest BCUT2D eigenvalue weighted by Gasteiger charge is 2.19. The van der Waals surface area contributed by atoms with Gasteiger partial charge in [0.25, 0.3) is 0 Å². The molecule has 0 saturated carbocycles. The topological polar surface area (TPSA) is 41.6 Å². The van der Waals surface area contributed by atoms with E-state index in [4.69, 9.17) is 4.74 Å². The molecule has 1 aliphatic rings. The molecule has 0 bridgehead atoms. The van der Waals surface area contributed by atoms with Gasteiger partial charge in [-0.15, -0.1) is 11.3 Å². The number of carbonyl (C=O) groups excluding carboxylic acids is 1. The molecule has 0 atom stereocenters. The zero-order chi connectivity index (χ0) is 15.4. The molecule has 1 N–H and O–H groups in total. The maximum Gasteiger partial charge on any atom is 0.238 e. The van der Waals surface area contributed by atoms with Crippen LogP contribution in [-0.2, 0) is 17.8 Å². The van der Waals surface area contributed by atoms with E-state index in [-0.39, 0.29) is 5.91 Å². The molecule has 1 aromatic carbocycles. The summed E-state index contributed by atoms with van der Waals surface area (Å²) >= 11 is 1.81. The molecule has 1 aliphatic heterocycles. The summed E-state index contributed by atoms with van der Waals surface area (Å²) in [6.07, 6.45) is 1.04. The highest BCUT2D eigenvalue weighted by Crippen LogP contribution is 2.25. The lowest BCUT2D eigenvalue weighted by atomic mass is 10.1. The average molecular weight is 316 g/mol. The first-order chi connectivity index (χ1) is 10.8. The standard InChI is InChI=1S/C17H20N2O2S/c1-2-21-15-6-4-3-5-14(15)18-17(20)12-19-9-7-16-13(11-19)8-10-22-16/h3-6,8,10H,2,7,9,11-12H2,1H3,(H,18,20). The quantitative estimate of drug-likeness (QED) is 0.921. The van der Waals surface area contributed by atoms with Crippen molar-refractivity contribution in [3.05, 3.63) is 46.2 Å². The van der Waals surface area contributed by atoms with Crippen LogP contribution in [0.2, 0.25) is 0 Å². The van der Waals surface area contributed by atoms with Gasteiger partial charge < -0.3 is 10.1 Å². The summed E-state index contributed by atoms with van der Waals surface area (Å²) < 4.78 is 5.54. The molecule has 0 aliphatic carbocycles. The number of fused-ring (bicyclic) bond motifs is 1. The van der Waals surface area contributed by atoms with Crippen LogP contribution in [-0.4, -0.2) is 30.5 Å². The minimum Gasteiger partial charge on any atom is -0.492 e. The van der Waals surface area contributed by atoms with Gasteiger partial charge >= 0.3 is 0 Å². The number of nitrogens with one attached hydrogen (secondary N) is 1. The molecular weight excluding hydrogens is 296 g/mol. The summed E-state index contributed by atoms with van der Waals surface area (Å²) in [7, 11) is 0. The Bertz CT molecular complexity index is 654.